The highest BCUT2D eigenvalue weighted by Crippen LogP contribution is 2.32. The Morgan fingerprint density at radius 2 is 2.35 bits per heavy atom. The van der Waals surface area contributed by atoms with Crippen molar-refractivity contribution >= 4 is 5.91 Å². The number of carbonyl (C=O) groups excluding carboxylic acids is 1. The SMILES string of the molecule is O=C(CC(O)c1cccc(F)c1)N1CCCCC1c1cn[nH]c1. The van der Waals surface area contributed by atoms with Crippen LogP contribution in [0.15, 0.2) is 36.7 Å². The Morgan fingerprint density at radius 1 is 1.48 bits per heavy atom. The molecule has 1 saturated heterocycles. The number of nitrogens with one attached hydrogen (secondary N) is 1. The molecule has 5 nitrogen and oxygen atoms in total. The lowest BCUT2D eigenvalue weighted by molar-refractivity contribution is -0.137. The number of benzene rings is 1. The highest BCUT2D eigenvalue weighted by molar-refractivity contribution is 5.77. The maximum Gasteiger partial charge on any atom is 0.226 e. The second-order valence-electron chi connectivity index (χ2n) is 5.91. The summed E-state index contributed by atoms with van der Waals surface area (Å²) in [6, 6.07) is 5.74. The van der Waals surface area contributed by atoms with Crippen molar-refractivity contribution in [1.82, 2.24) is 15.1 Å². The van der Waals surface area contributed by atoms with Crippen LogP contribution in [0.1, 0.15) is 49.0 Å². The number of H-pyrrole nitrogens is 1. The Kier molecular flexibility index (Phi) is 4.71. The normalized spacial score (nSPS) is 19.6. The number of amides is 1. The Morgan fingerprint density at radius 3 is 3.09 bits per heavy atom. The van der Waals surface area contributed by atoms with Crippen molar-refractivity contribution < 1.29 is 14.3 Å². The summed E-state index contributed by atoms with van der Waals surface area (Å²) < 4.78 is 13.3. The molecule has 1 aliphatic rings. The predicted molar refractivity (Wildman–Crippen MR) is 82.9 cm³/mol. The van der Waals surface area contributed by atoms with Crippen LogP contribution in [0.4, 0.5) is 4.39 Å². The van der Waals surface area contributed by atoms with Gasteiger partial charge in [-0.25, -0.2) is 4.39 Å². The minimum absolute atomic E-state index is 0.00490. The molecule has 1 aliphatic heterocycles. The lowest BCUT2D eigenvalue weighted by atomic mass is 9.96. The third kappa shape index (κ3) is 3.59. The summed E-state index contributed by atoms with van der Waals surface area (Å²) in [5, 5.41) is 17.0. The molecule has 122 valence electrons. The van der Waals surface area contributed by atoms with Crippen LogP contribution in [0.2, 0.25) is 0 Å². The molecule has 0 spiro atoms. The molecule has 0 radical (unpaired) electrons. The van der Waals surface area contributed by atoms with Crippen molar-refractivity contribution in [2.45, 2.75) is 37.8 Å². The smallest absolute Gasteiger partial charge is 0.226 e. The molecule has 1 fully saturated rings. The molecule has 3 rings (SSSR count). The van der Waals surface area contributed by atoms with Gasteiger partial charge in [0.15, 0.2) is 0 Å². The van der Waals surface area contributed by atoms with Crippen LogP contribution in [0.5, 0.6) is 0 Å². The summed E-state index contributed by atoms with van der Waals surface area (Å²) in [7, 11) is 0. The van der Waals surface area contributed by atoms with Gasteiger partial charge in [0.05, 0.1) is 24.8 Å². The predicted octanol–water partition coefficient (Wildman–Crippen LogP) is 2.73. The number of likely N-dealkylation sites (tertiary alicyclic amines) is 1. The van der Waals surface area contributed by atoms with E-state index in [0.717, 1.165) is 24.8 Å². The second kappa shape index (κ2) is 6.91. The Hall–Kier alpha value is -2.21. The largest absolute Gasteiger partial charge is 0.388 e. The molecular weight excluding hydrogens is 297 g/mol. The number of nitrogens with zero attached hydrogens (tertiary/aromatic N) is 2. The fourth-order valence-corrected chi connectivity index (χ4v) is 3.13. The third-order valence-corrected chi connectivity index (χ3v) is 4.33. The van der Waals surface area contributed by atoms with E-state index in [-0.39, 0.29) is 18.4 Å². The maximum atomic E-state index is 13.3. The van der Waals surface area contributed by atoms with Crippen LogP contribution in [0.3, 0.4) is 0 Å². The highest BCUT2D eigenvalue weighted by Gasteiger charge is 2.29. The summed E-state index contributed by atoms with van der Waals surface area (Å²) in [6.45, 7) is 0.671. The summed E-state index contributed by atoms with van der Waals surface area (Å²) >= 11 is 0. The quantitative estimate of drug-likeness (QED) is 0.911. The molecule has 0 bridgehead atoms. The van der Waals surface area contributed by atoms with Crippen molar-refractivity contribution in [3.05, 3.63) is 53.6 Å². The van der Waals surface area contributed by atoms with E-state index in [9.17, 15) is 14.3 Å². The van der Waals surface area contributed by atoms with E-state index in [4.69, 9.17) is 0 Å². The van der Waals surface area contributed by atoms with Gasteiger partial charge < -0.3 is 10.0 Å². The molecule has 2 aromatic rings. The Balaban J connectivity index is 1.71. The summed E-state index contributed by atoms with van der Waals surface area (Å²) in [5.41, 5.74) is 1.41. The van der Waals surface area contributed by atoms with Gasteiger partial charge in [0.25, 0.3) is 0 Å². The molecule has 0 saturated carbocycles. The number of aromatic nitrogens is 2. The van der Waals surface area contributed by atoms with E-state index in [1.165, 1.54) is 18.2 Å². The number of rotatable bonds is 4. The first-order valence-corrected chi connectivity index (χ1v) is 7.87. The van der Waals surface area contributed by atoms with E-state index in [2.05, 4.69) is 10.2 Å². The van der Waals surface area contributed by atoms with E-state index < -0.39 is 11.9 Å². The minimum atomic E-state index is -0.995. The number of hydrogen-bond donors (Lipinski definition) is 2. The van der Waals surface area contributed by atoms with Crippen molar-refractivity contribution in [2.24, 2.45) is 0 Å². The Bertz CT molecular complexity index is 660. The van der Waals surface area contributed by atoms with Crippen molar-refractivity contribution in [2.75, 3.05) is 6.54 Å². The average Bonchev–Trinajstić information content (AvgIpc) is 3.09. The molecule has 1 amide bonds. The van der Waals surface area contributed by atoms with Crippen LogP contribution in [0.25, 0.3) is 0 Å². The molecule has 2 unspecified atom stereocenters. The van der Waals surface area contributed by atoms with Crippen LogP contribution < -0.4 is 0 Å². The number of aliphatic hydroxyl groups is 1. The zero-order valence-corrected chi connectivity index (χ0v) is 12.8. The first kappa shape index (κ1) is 15.7. The minimum Gasteiger partial charge on any atom is -0.388 e. The van der Waals surface area contributed by atoms with Crippen LogP contribution in [0, 0.1) is 5.82 Å². The number of carbonyl (C=O) groups is 1. The number of piperidine rings is 1. The summed E-state index contributed by atoms with van der Waals surface area (Å²) in [5.74, 6) is -0.532. The second-order valence-corrected chi connectivity index (χ2v) is 5.91. The van der Waals surface area contributed by atoms with E-state index in [0.29, 0.717) is 12.1 Å². The van der Waals surface area contributed by atoms with E-state index in [1.54, 1.807) is 23.4 Å². The van der Waals surface area contributed by atoms with Gasteiger partial charge in [-0.2, -0.15) is 5.10 Å². The Labute approximate surface area is 134 Å². The van der Waals surface area contributed by atoms with Gasteiger partial charge in [-0.3, -0.25) is 9.89 Å². The van der Waals surface area contributed by atoms with Gasteiger partial charge >= 0.3 is 0 Å². The van der Waals surface area contributed by atoms with Gasteiger partial charge in [-0.05, 0) is 37.0 Å². The molecule has 23 heavy (non-hydrogen) atoms. The molecule has 0 aliphatic carbocycles. The van der Waals surface area contributed by atoms with Gasteiger partial charge in [-0.1, -0.05) is 12.1 Å². The molecule has 6 heteroatoms. The number of aliphatic hydroxyl groups excluding tert-OH is 1. The van der Waals surface area contributed by atoms with E-state index >= 15 is 0 Å². The first-order chi connectivity index (χ1) is 11.1. The maximum absolute atomic E-state index is 13.3. The molecule has 2 N–H and O–H groups in total. The van der Waals surface area contributed by atoms with Crippen molar-refractivity contribution in [1.29, 1.82) is 0 Å². The van der Waals surface area contributed by atoms with Crippen molar-refractivity contribution in [3.63, 3.8) is 0 Å². The molecule has 1 aromatic heterocycles. The van der Waals surface area contributed by atoms with Crippen LogP contribution in [-0.2, 0) is 4.79 Å². The fraction of sp³-hybridized carbons (Fsp3) is 0.412. The van der Waals surface area contributed by atoms with Crippen LogP contribution >= 0.6 is 0 Å². The summed E-state index contributed by atoms with van der Waals surface area (Å²) in [4.78, 5) is 14.4. The van der Waals surface area contributed by atoms with E-state index in [1.807, 2.05) is 0 Å². The first-order valence-electron chi connectivity index (χ1n) is 7.87. The van der Waals surface area contributed by atoms with Gasteiger partial charge in [0.2, 0.25) is 5.91 Å². The zero-order valence-electron chi connectivity index (χ0n) is 12.8. The third-order valence-electron chi connectivity index (χ3n) is 4.33. The lowest BCUT2D eigenvalue weighted by Crippen LogP contribution is -2.39. The fourth-order valence-electron chi connectivity index (χ4n) is 3.13. The molecular formula is C17H20FN3O2. The molecule has 2 atom stereocenters. The van der Waals surface area contributed by atoms with Gasteiger partial charge in [-0.15, -0.1) is 0 Å². The molecule has 1 aromatic carbocycles. The lowest BCUT2D eigenvalue weighted by Gasteiger charge is -2.35. The highest BCUT2D eigenvalue weighted by atomic mass is 19.1. The molecule has 2 heterocycles. The average molecular weight is 317 g/mol. The van der Waals surface area contributed by atoms with Gasteiger partial charge in [0.1, 0.15) is 5.82 Å². The number of aromatic amines is 1. The monoisotopic (exact) mass is 317 g/mol. The topological polar surface area (TPSA) is 69.2 Å². The van der Waals surface area contributed by atoms with Crippen LogP contribution in [-0.4, -0.2) is 32.7 Å². The zero-order chi connectivity index (χ0) is 16.2. The standard InChI is InChI=1S/C17H20FN3O2/c18-14-5-3-4-12(8-14)16(22)9-17(23)21-7-2-1-6-15(21)13-10-19-20-11-13/h3-5,8,10-11,15-16,22H,1-2,6-7,9H2,(H,19,20). The van der Waals surface area contributed by atoms with Crippen molar-refractivity contribution in [3.8, 4) is 0 Å². The number of hydrogen-bond acceptors (Lipinski definition) is 3. The number of halogens is 1. The summed E-state index contributed by atoms with van der Waals surface area (Å²) in [6.07, 6.45) is 5.41. The van der Waals surface area contributed by atoms with Gasteiger partial charge in [0, 0.05) is 18.3 Å².